The summed E-state index contributed by atoms with van der Waals surface area (Å²) in [6, 6.07) is 0.357. The number of rotatable bonds is 6. The van der Waals surface area contributed by atoms with E-state index in [0.717, 1.165) is 32.7 Å². The Labute approximate surface area is 92.5 Å². The van der Waals surface area contributed by atoms with Gasteiger partial charge in [-0.1, -0.05) is 6.92 Å². The van der Waals surface area contributed by atoms with Gasteiger partial charge in [0.1, 0.15) is 0 Å². The molecule has 1 rings (SSSR count). The van der Waals surface area contributed by atoms with Crippen LogP contribution in [0.3, 0.4) is 0 Å². The first kappa shape index (κ1) is 12.9. The van der Waals surface area contributed by atoms with Gasteiger partial charge in [-0.3, -0.25) is 11.3 Å². The zero-order valence-corrected chi connectivity index (χ0v) is 9.87. The lowest BCUT2D eigenvalue weighted by Gasteiger charge is -2.31. The third-order valence-electron chi connectivity index (χ3n) is 3.09. The quantitative estimate of drug-likeness (QED) is 0.512. The number of nitrogens with two attached hydrogens (primary N) is 1. The predicted octanol–water partition coefficient (Wildman–Crippen LogP) is 0.917. The maximum Gasteiger partial charge on any atom is 0.0509 e. The van der Waals surface area contributed by atoms with E-state index in [9.17, 15) is 0 Å². The van der Waals surface area contributed by atoms with E-state index in [1.54, 1.807) is 7.11 Å². The number of hydrogen-bond acceptors (Lipinski definition) is 4. The van der Waals surface area contributed by atoms with Crippen LogP contribution in [0, 0.1) is 11.8 Å². The van der Waals surface area contributed by atoms with E-state index in [-0.39, 0.29) is 0 Å². The molecule has 1 aliphatic heterocycles. The van der Waals surface area contributed by atoms with Gasteiger partial charge < -0.3 is 9.47 Å². The van der Waals surface area contributed by atoms with Gasteiger partial charge in [0.05, 0.1) is 6.61 Å². The van der Waals surface area contributed by atoms with Crippen LogP contribution in [0.15, 0.2) is 0 Å². The lowest BCUT2D eigenvalue weighted by atomic mass is 9.88. The smallest absolute Gasteiger partial charge is 0.0509 e. The predicted molar refractivity (Wildman–Crippen MR) is 60.3 cm³/mol. The summed E-state index contributed by atoms with van der Waals surface area (Å²) >= 11 is 0. The van der Waals surface area contributed by atoms with Crippen LogP contribution in [0.4, 0.5) is 0 Å². The second-order valence-corrected chi connectivity index (χ2v) is 4.55. The number of ether oxygens (including phenoxy) is 2. The first-order valence-corrected chi connectivity index (χ1v) is 5.80. The van der Waals surface area contributed by atoms with Crippen LogP contribution < -0.4 is 11.3 Å². The van der Waals surface area contributed by atoms with Crippen molar-refractivity contribution in [1.29, 1.82) is 0 Å². The Morgan fingerprint density at radius 3 is 2.93 bits per heavy atom. The molecule has 1 aliphatic rings. The molecule has 3 atom stereocenters. The molecule has 4 nitrogen and oxygen atoms in total. The molecular weight excluding hydrogens is 192 g/mol. The Bertz CT molecular complexity index is 161. The van der Waals surface area contributed by atoms with Crippen molar-refractivity contribution in [3.63, 3.8) is 0 Å². The van der Waals surface area contributed by atoms with Gasteiger partial charge in [0.15, 0.2) is 0 Å². The molecule has 0 amide bonds. The summed E-state index contributed by atoms with van der Waals surface area (Å²) in [5.41, 5.74) is 2.93. The molecule has 90 valence electrons. The van der Waals surface area contributed by atoms with E-state index >= 15 is 0 Å². The zero-order valence-electron chi connectivity index (χ0n) is 9.87. The molecule has 0 spiro atoms. The Morgan fingerprint density at radius 1 is 1.60 bits per heavy atom. The average Bonchev–Trinajstić information content (AvgIpc) is 2.27. The number of methoxy groups -OCH3 is 1. The summed E-state index contributed by atoms with van der Waals surface area (Å²) in [5.74, 6) is 6.70. The minimum atomic E-state index is 0.357. The van der Waals surface area contributed by atoms with Crippen LogP contribution in [0.1, 0.15) is 26.2 Å². The van der Waals surface area contributed by atoms with Gasteiger partial charge in [-0.2, -0.15) is 0 Å². The van der Waals surface area contributed by atoms with Crippen molar-refractivity contribution < 1.29 is 9.47 Å². The van der Waals surface area contributed by atoms with Gasteiger partial charge in [-0.25, -0.2) is 0 Å². The number of hydrogen-bond donors (Lipinski definition) is 2. The molecule has 1 heterocycles. The summed E-state index contributed by atoms with van der Waals surface area (Å²) in [7, 11) is 1.74. The molecule has 1 saturated heterocycles. The summed E-state index contributed by atoms with van der Waals surface area (Å²) in [6.45, 7) is 4.74. The van der Waals surface area contributed by atoms with Crippen molar-refractivity contribution in [2.45, 2.75) is 32.2 Å². The van der Waals surface area contributed by atoms with Gasteiger partial charge >= 0.3 is 0 Å². The molecule has 0 bridgehead atoms. The van der Waals surface area contributed by atoms with E-state index in [2.05, 4.69) is 12.3 Å². The van der Waals surface area contributed by atoms with Crippen LogP contribution in [-0.2, 0) is 9.47 Å². The second kappa shape index (κ2) is 7.17. The Hall–Kier alpha value is -0.160. The fourth-order valence-electron chi connectivity index (χ4n) is 2.27. The third-order valence-corrected chi connectivity index (χ3v) is 3.09. The molecule has 1 fully saturated rings. The summed E-state index contributed by atoms with van der Waals surface area (Å²) < 4.78 is 10.6. The van der Waals surface area contributed by atoms with Gasteiger partial charge in [-0.15, -0.1) is 0 Å². The zero-order chi connectivity index (χ0) is 11.1. The third kappa shape index (κ3) is 4.47. The van der Waals surface area contributed by atoms with Crippen LogP contribution in [0.5, 0.6) is 0 Å². The molecular formula is C11H24N2O2. The molecule has 0 radical (unpaired) electrons. The van der Waals surface area contributed by atoms with E-state index in [1.807, 2.05) is 0 Å². The normalized spacial score (nSPS) is 26.2. The van der Waals surface area contributed by atoms with Crippen molar-refractivity contribution in [2.24, 2.45) is 17.7 Å². The van der Waals surface area contributed by atoms with Gasteiger partial charge in [-0.05, 0) is 31.1 Å². The topological polar surface area (TPSA) is 56.5 Å². The Balaban J connectivity index is 2.32. The van der Waals surface area contributed by atoms with Crippen LogP contribution in [0.25, 0.3) is 0 Å². The molecule has 0 aliphatic carbocycles. The molecule has 0 aromatic carbocycles. The summed E-state index contributed by atoms with van der Waals surface area (Å²) in [5, 5.41) is 0. The molecule has 0 aromatic rings. The standard InChI is InChI=1S/C11H24N2O2/c1-9(7-14-2)6-11(13-12)10-4-3-5-15-8-10/h9-11,13H,3-8,12H2,1-2H3. The lowest BCUT2D eigenvalue weighted by Crippen LogP contribution is -2.45. The van der Waals surface area contributed by atoms with Crippen LogP contribution in [-0.4, -0.2) is 33.0 Å². The van der Waals surface area contributed by atoms with Crippen molar-refractivity contribution in [1.82, 2.24) is 5.43 Å². The van der Waals surface area contributed by atoms with E-state index < -0.39 is 0 Å². The van der Waals surface area contributed by atoms with Gasteiger partial charge in [0, 0.05) is 26.4 Å². The van der Waals surface area contributed by atoms with Crippen molar-refractivity contribution in [3.05, 3.63) is 0 Å². The highest BCUT2D eigenvalue weighted by Gasteiger charge is 2.24. The van der Waals surface area contributed by atoms with E-state index in [1.165, 1.54) is 6.42 Å². The summed E-state index contributed by atoms with van der Waals surface area (Å²) in [6.07, 6.45) is 3.43. The van der Waals surface area contributed by atoms with Crippen molar-refractivity contribution >= 4 is 0 Å². The van der Waals surface area contributed by atoms with Crippen molar-refractivity contribution in [2.75, 3.05) is 26.9 Å². The fraction of sp³-hybridized carbons (Fsp3) is 1.00. The molecule has 0 aromatic heterocycles. The second-order valence-electron chi connectivity index (χ2n) is 4.55. The molecule has 15 heavy (non-hydrogen) atoms. The molecule has 0 saturated carbocycles. The molecule has 3 N–H and O–H groups in total. The molecule has 3 unspecified atom stereocenters. The van der Waals surface area contributed by atoms with Crippen LogP contribution in [0.2, 0.25) is 0 Å². The maximum absolute atomic E-state index is 5.60. The van der Waals surface area contributed by atoms with E-state index in [0.29, 0.717) is 17.9 Å². The number of hydrazine groups is 1. The van der Waals surface area contributed by atoms with Gasteiger partial charge in [0.25, 0.3) is 0 Å². The molecule has 4 heteroatoms. The summed E-state index contributed by atoms with van der Waals surface area (Å²) in [4.78, 5) is 0. The van der Waals surface area contributed by atoms with Crippen LogP contribution >= 0.6 is 0 Å². The lowest BCUT2D eigenvalue weighted by molar-refractivity contribution is 0.0326. The minimum Gasteiger partial charge on any atom is -0.384 e. The largest absolute Gasteiger partial charge is 0.384 e. The monoisotopic (exact) mass is 216 g/mol. The highest BCUT2D eigenvalue weighted by molar-refractivity contribution is 4.78. The minimum absolute atomic E-state index is 0.357. The Kier molecular flexibility index (Phi) is 6.17. The SMILES string of the molecule is COCC(C)CC(NN)C1CCCOC1. The first-order valence-electron chi connectivity index (χ1n) is 5.80. The Morgan fingerprint density at radius 2 is 2.40 bits per heavy atom. The first-order chi connectivity index (χ1) is 7.27. The maximum atomic E-state index is 5.60. The average molecular weight is 216 g/mol. The van der Waals surface area contributed by atoms with E-state index in [4.69, 9.17) is 15.3 Å². The highest BCUT2D eigenvalue weighted by atomic mass is 16.5. The van der Waals surface area contributed by atoms with Gasteiger partial charge in [0.2, 0.25) is 0 Å². The van der Waals surface area contributed by atoms with Crippen molar-refractivity contribution in [3.8, 4) is 0 Å². The highest BCUT2D eigenvalue weighted by Crippen LogP contribution is 2.21. The number of nitrogens with one attached hydrogen (secondary N) is 1. The fourth-order valence-corrected chi connectivity index (χ4v) is 2.27.